The number of hydrogen-bond donors (Lipinski definition) is 0. The van der Waals surface area contributed by atoms with Crippen LogP contribution in [0, 0.1) is 18.3 Å². The number of rotatable bonds is 5. The molecule has 24 heavy (non-hydrogen) atoms. The van der Waals surface area contributed by atoms with E-state index in [0.29, 0.717) is 25.7 Å². The van der Waals surface area contributed by atoms with Crippen molar-refractivity contribution in [2.24, 2.45) is 11.3 Å². The average Bonchev–Trinajstić information content (AvgIpc) is 3.29. The van der Waals surface area contributed by atoms with Crippen LogP contribution >= 0.6 is 11.3 Å². The zero-order chi connectivity index (χ0) is 16.6. The Morgan fingerprint density at radius 2 is 2.50 bits per heavy atom. The topological polar surface area (TPSA) is 51.7 Å². The zero-order valence-corrected chi connectivity index (χ0v) is 14.9. The van der Waals surface area contributed by atoms with Crippen LogP contribution in [0.25, 0.3) is 0 Å². The van der Waals surface area contributed by atoms with Crippen LogP contribution in [0.4, 0.5) is 0 Å². The Bertz CT molecular complexity index is 656. The number of thiazole rings is 1. The highest BCUT2D eigenvalue weighted by Crippen LogP contribution is 2.42. The molecule has 2 atom stereocenters. The molecule has 0 spiro atoms. The van der Waals surface area contributed by atoms with Gasteiger partial charge in [0.25, 0.3) is 0 Å². The van der Waals surface area contributed by atoms with E-state index in [1.165, 1.54) is 0 Å². The van der Waals surface area contributed by atoms with Crippen LogP contribution in [0.15, 0.2) is 17.0 Å². The van der Waals surface area contributed by atoms with Crippen LogP contribution in [-0.2, 0) is 20.9 Å². The molecular formula is C18H24N2O3S. The van der Waals surface area contributed by atoms with E-state index < -0.39 is 0 Å². The first kappa shape index (κ1) is 16.2. The summed E-state index contributed by atoms with van der Waals surface area (Å²) in [6.45, 7) is 6.17. The van der Waals surface area contributed by atoms with Crippen LogP contribution in [0.1, 0.15) is 30.0 Å². The van der Waals surface area contributed by atoms with E-state index in [1.54, 1.807) is 11.3 Å². The average molecular weight is 348 g/mol. The summed E-state index contributed by atoms with van der Waals surface area (Å²) in [5, 5.41) is 3.11. The molecule has 5 nitrogen and oxygen atoms in total. The lowest BCUT2D eigenvalue weighted by Crippen LogP contribution is -2.37. The highest BCUT2D eigenvalue weighted by atomic mass is 32.1. The number of likely N-dealkylation sites (tertiary alicyclic amines) is 1. The summed E-state index contributed by atoms with van der Waals surface area (Å²) in [6, 6.07) is 0. The van der Waals surface area contributed by atoms with E-state index >= 15 is 0 Å². The number of aromatic nitrogens is 1. The molecule has 0 unspecified atom stereocenters. The van der Waals surface area contributed by atoms with E-state index in [0.717, 1.165) is 55.2 Å². The van der Waals surface area contributed by atoms with Gasteiger partial charge in [0.05, 0.1) is 37.1 Å². The van der Waals surface area contributed by atoms with Gasteiger partial charge in [0.2, 0.25) is 5.91 Å². The SMILES string of the molecule is Cc1nc(COC[C@@]23COC[C@@H]2CN(C(=O)C2=CCCC2)C3)cs1. The maximum atomic E-state index is 12.7. The Morgan fingerprint density at radius 1 is 1.58 bits per heavy atom. The minimum absolute atomic E-state index is 0.0418. The third-order valence-corrected chi connectivity index (χ3v) is 6.25. The lowest BCUT2D eigenvalue weighted by atomic mass is 9.82. The summed E-state index contributed by atoms with van der Waals surface area (Å²) in [7, 11) is 0. The Balaban J connectivity index is 1.38. The molecule has 1 aromatic rings. The molecule has 130 valence electrons. The zero-order valence-electron chi connectivity index (χ0n) is 14.1. The van der Waals surface area contributed by atoms with Crippen LogP contribution in [-0.4, -0.2) is 48.7 Å². The van der Waals surface area contributed by atoms with Crippen molar-refractivity contribution in [1.29, 1.82) is 0 Å². The van der Waals surface area contributed by atoms with Crippen molar-refractivity contribution >= 4 is 17.2 Å². The van der Waals surface area contributed by atoms with Crippen molar-refractivity contribution in [3.63, 3.8) is 0 Å². The van der Waals surface area contributed by atoms with Gasteiger partial charge in [0.15, 0.2) is 0 Å². The summed E-state index contributed by atoms with van der Waals surface area (Å²) in [5.41, 5.74) is 1.95. The number of allylic oxidation sites excluding steroid dienone is 1. The first-order valence-corrected chi connectivity index (χ1v) is 9.59. The monoisotopic (exact) mass is 348 g/mol. The van der Waals surface area contributed by atoms with Gasteiger partial charge >= 0.3 is 0 Å². The van der Waals surface area contributed by atoms with Gasteiger partial charge in [-0.2, -0.15) is 0 Å². The Labute approximate surface area is 146 Å². The number of ether oxygens (including phenoxy) is 2. The normalized spacial score (nSPS) is 29.1. The fraction of sp³-hybridized carbons (Fsp3) is 0.667. The Morgan fingerprint density at radius 3 is 3.25 bits per heavy atom. The molecule has 3 heterocycles. The van der Waals surface area contributed by atoms with E-state index in [2.05, 4.69) is 11.1 Å². The van der Waals surface area contributed by atoms with Gasteiger partial charge < -0.3 is 14.4 Å². The highest BCUT2D eigenvalue weighted by molar-refractivity contribution is 7.09. The molecule has 0 radical (unpaired) electrons. The first-order valence-electron chi connectivity index (χ1n) is 8.71. The molecular weight excluding hydrogens is 324 g/mol. The van der Waals surface area contributed by atoms with E-state index in [4.69, 9.17) is 9.47 Å². The summed E-state index contributed by atoms with van der Waals surface area (Å²) < 4.78 is 11.7. The van der Waals surface area contributed by atoms with Crippen molar-refractivity contribution in [2.75, 3.05) is 32.9 Å². The second-order valence-corrected chi connectivity index (χ2v) is 8.29. The number of amides is 1. The second-order valence-electron chi connectivity index (χ2n) is 7.23. The molecule has 3 aliphatic rings. The van der Waals surface area contributed by atoms with E-state index in [1.807, 2.05) is 17.2 Å². The first-order chi connectivity index (χ1) is 11.7. The van der Waals surface area contributed by atoms with Crippen LogP contribution in [0.2, 0.25) is 0 Å². The van der Waals surface area contributed by atoms with Gasteiger partial charge in [0, 0.05) is 35.4 Å². The van der Waals surface area contributed by atoms with Crippen molar-refractivity contribution in [1.82, 2.24) is 9.88 Å². The summed E-state index contributed by atoms with van der Waals surface area (Å²) >= 11 is 1.65. The molecule has 0 bridgehead atoms. The lowest BCUT2D eigenvalue weighted by Gasteiger charge is -2.26. The van der Waals surface area contributed by atoms with Crippen molar-refractivity contribution in [3.05, 3.63) is 27.7 Å². The van der Waals surface area contributed by atoms with E-state index in [-0.39, 0.29) is 11.3 Å². The third-order valence-electron chi connectivity index (χ3n) is 5.43. The summed E-state index contributed by atoms with van der Waals surface area (Å²) in [6.07, 6.45) is 5.20. The van der Waals surface area contributed by atoms with Crippen molar-refractivity contribution in [2.45, 2.75) is 32.8 Å². The molecule has 1 amide bonds. The fourth-order valence-electron chi connectivity index (χ4n) is 4.09. The minimum atomic E-state index is -0.0418. The molecule has 1 aromatic heterocycles. The van der Waals surface area contributed by atoms with Crippen molar-refractivity contribution < 1.29 is 14.3 Å². The van der Waals surface area contributed by atoms with Gasteiger partial charge in [-0.15, -0.1) is 11.3 Å². The van der Waals surface area contributed by atoms with Crippen molar-refractivity contribution in [3.8, 4) is 0 Å². The molecule has 0 N–H and O–H groups in total. The van der Waals surface area contributed by atoms with E-state index in [9.17, 15) is 4.79 Å². The van der Waals surface area contributed by atoms with Gasteiger partial charge in [-0.05, 0) is 26.2 Å². The Kier molecular flexibility index (Phi) is 4.45. The molecule has 2 saturated heterocycles. The number of carbonyl (C=O) groups excluding carboxylic acids is 1. The molecule has 2 fully saturated rings. The molecule has 2 aliphatic heterocycles. The number of carbonyl (C=O) groups is 1. The van der Waals surface area contributed by atoms with Gasteiger partial charge in [-0.25, -0.2) is 4.98 Å². The lowest BCUT2D eigenvalue weighted by molar-refractivity contribution is -0.127. The van der Waals surface area contributed by atoms with Crippen LogP contribution in [0.5, 0.6) is 0 Å². The van der Waals surface area contributed by atoms with Gasteiger partial charge in [0.1, 0.15) is 0 Å². The number of fused-ring (bicyclic) bond motifs is 1. The fourth-order valence-corrected chi connectivity index (χ4v) is 4.69. The van der Waals surface area contributed by atoms with Gasteiger partial charge in [-0.1, -0.05) is 6.08 Å². The second kappa shape index (κ2) is 6.58. The summed E-state index contributed by atoms with van der Waals surface area (Å²) in [5.74, 6) is 0.622. The molecule has 0 saturated carbocycles. The standard InChI is InChI=1S/C18H24N2O3S/c1-13-19-16(9-24-13)8-23-12-18-10-20(6-15(18)7-22-11-18)17(21)14-4-2-3-5-14/h4,9,15H,2-3,5-8,10-12H2,1H3/t15-,18+/m0/s1. The van der Waals surface area contributed by atoms with Gasteiger partial charge in [-0.3, -0.25) is 4.79 Å². The largest absolute Gasteiger partial charge is 0.380 e. The number of hydrogen-bond acceptors (Lipinski definition) is 5. The molecule has 6 heteroatoms. The Hall–Kier alpha value is -1.24. The molecule has 0 aromatic carbocycles. The number of aryl methyl sites for hydroxylation is 1. The predicted octanol–water partition coefficient (Wildman–Crippen LogP) is 2.55. The third kappa shape index (κ3) is 3.03. The molecule has 1 aliphatic carbocycles. The predicted molar refractivity (Wildman–Crippen MR) is 91.8 cm³/mol. The van der Waals surface area contributed by atoms with Crippen LogP contribution in [0.3, 0.4) is 0 Å². The summed E-state index contributed by atoms with van der Waals surface area (Å²) in [4.78, 5) is 19.2. The molecule has 4 rings (SSSR count). The quantitative estimate of drug-likeness (QED) is 0.821. The minimum Gasteiger partial charge on any atom is -0.380 e. The van der Waals surface area contributed by atoms with Crippen LogP contribution < -0.4 is 0 Å². The highest BCUT2D eigenvalue weighted by Gasteiger charge is 2.52. The maximum absolute atomic E-state index is 12.7. The smallest absolute Gasteiger partial charge is 0.249 e. The number of nitrogens with zero attached hydrogens (tertiary/aromatic N) is 2. The maximum Gasteiger partial charge on any atom is 0.249 e.